The number of nitrogens with two attached hydrogens (primary N) is 1. The zero-order valence-corrected chi connectivity index (χ0v) is 16.3. The molecule has 0 aromatic carbocycles. The van der Waals surface area contributed by atoms with Gasteiger partial charge in [-0.1, -0.05) is 0 Å². The molecule has 2 N–H and O–H groups in total. The van der Waals surface area contributed by atoms with Crippen molar-refractivity contribution in [2.75, 3.05) is 25.4 Å². The molecule has 0 radical (unpaired) electrons. The summed E-state index contributed by atoms with van der Waals surface area (Å²) in [4.78, 5) is 38.8. The van der Waals surface area contributed by atoms with Crippen molar-refractivity contribution in [3.05, 3.63) is 17.0 Å². The summed E-state index contributed by atoms with van der Waals surface area (Å²) in [6, 6.07) is 0.202. The third kappa shape index (κ3) is 3.07. The maximum absolute atomic E-state index is 13.3. The smallest absolute Gasteiger partial charge is 0.272 e. The van der Waals surface area contributed by atoms with Crippen LogP contribution in [0.3, 0.4) is 0 Å². The molecule has 0 unspecified atom stereocenters. The lowest BCUT2D eigenvalue weighted by molar-refractivity contribution is -0.147. The molecule has 1 atom stereocenters. The summed E-state index contributed by atoms with van der Waals surface area (Å²) in [6.07, 6.45) is 6.41. The number of rotatable bonds is 2. The van der Waals surface area contributed by atoms with Gasteiger partial charge in [-0.25, -0.2) is 9.97 Å². The van der Waals surface area contributed by atoms with Crippen LogP contribution in [0, 0.1) is 5.41 Å². The van der Waals surface area contributed by atoms with E-state index in [-0.39, 0.29) is 23.8 Å². The maximum atomic E-state index is 13.3. The fourth-order valence-electron chi connectivity index (χ4n) is 4.96. The number of aromatic nitrogens is 2. The van der Waals surface area contributed by atoms with E-state index < -0.39 is 5.41 Å². The Kier molecular flexibility index (Phi) is 4.56. The number of aryl methyl sites for hydroxylation is 1. The van der Waals surface area contributed by atoms with Crippen LogP contribution in [-0.4, -0.2) is 57.3 Å². The Labute approximate surface area is 160 Å². The lowest BCUT2D eigenvalue weighted by atomic mass is 9.78. The van der Waals surface area contributed by atoms with Crippen LogP contribution in [-0.2, 0) is 17.6 Å². The summed E-state index contributed by atoms with van der Waals surface area (Å²) in [7, 11) is 0. The minimum Gasteiger partial charge on any atom is -0.368 e. The molecule has 146 valence electrons. The predicted octanol–water partition coefficient (Wildman–Crippen LogP) is 1.80. The van der Waals surface area contributed by atoms with Crippen LogP contribution in [0.4, 0.5) is 5.95 Å². The second kappa shape index (κ2) is 6.77. The molecule has 27 heavy (non-hydrogen) atoms. The SMILES string of the molecule is CC(C)N1CCC[C@]2(CCN(C(=O)c3nc(N)nc4c3CCCC4)C2)C1=O. The molecule has 3 aliphatic rings. The number of amides is 2. The Morgan fingerprint density at radius 3 is 2.67 bits per heavy atom. The van der Waals surface area contributed by atoms with Crippen LogP contribution in [0.1, 0.15) is 67.7 Å². The second-order valence-electron chi connectivity index (χ2n) is 8.52. The molecule has 2 aliphatic heterocycles. The van der Waals surface area contributed by atoms with Crippen LogP contribution in [0.25, 0.3) is 0 Å². The molecule has 1 aromatic heterocycles. The number of nitrogens with zero attached hydrogens (tertiary/aromatic N) is 4. The minimum absolute atomic E-state index is 0.0893. The Morgan fingerprint density at radius 2 is 1.89 bits per heavy atom. The number of fused-ring (bicyclic) bond motifs is 1. The second-order valence-corrected chi connectivity index (χ2v) is 8.52. The van der Waals surface area contributed by atoms with Crippen LogP contribution in [0.15, 0.2) is 0 Å². The molecule has 1 aromatic rings. The van der Waals surface area contributed by atoms with E-state index in [1.807, 2.05) is 9.80 Å². The van der Waals surface area contributed by atoms with Crippen molar-refractivity contribution in [1.29, 1.82) is 0 Å². The van der Waals surface area contributed by atoms with Crippen LogP contribution < -0.4 is 5.73 Å². The quantitative estimate of drug-likeness (QED) is 0.856. The fourth-order valence-corrected chi connectivity index (χ4v) is 4.96. The third-order valence-electron chi connectivity index (χ3n) is 6.44. The highest BCUT2D eigenvalue weighted by Crippen LogP contribution is 2.41. The highest BCUT2D eigenvalue weighted by molar-refractivity contribution is 5.95. The topological polar surface area (TPSA) is 92.4 Å². The molecule has 2 saturated heterocycles. The van der Waals surface area contributed by atoms with Gasteiger partial charge in [0.25, 0.3) is 5.91 Å². The van der Waals surface area contributed by atoms with E-state index in [1.54, 1.807) is 0 Å². The number of hydrogen-bond donors (Lipinski definition) is 1. The number of likely N-dealkylation sites (tertiary alicyclic amines) is 2. The molecule has 4 rings (SSSR count). The maximum Gasteiger partial charge on any atom is 0.272 e. The number of anilines is 1. The third-order valence-corrected chi connectivity index (χ3v) is 6.44. The minimum atomic E-state index is -0.420. The zero-order chi connectivity index (χ0) is 19.2. The van der Waals surface area contributed by atoms with Crippen LogP contribution in [0.2, 0.25) is 0 Å². The average molecular weight is 371 g/mol. The van der Waals surface area contributed by atoms with Crippen LogP contribution in [0.5, 0.6) is 0 Å². The number of nitrogen functional groups attached to an aromatic ring is 1. The molecule has 7 nitrogen and oxygen atoms in total. The van der Waals surface area contributed by atoms with Gasteiger partial charge in [-0.05, 0) is 58.8 Å². The van der Waals surface area contributed by atoms with Crippen molar-refractivity contribution < 1.29 is 9.59 Å². The molecule has 1 spiro atoms. The summed E-state index contributed by atoms with van der Waals surface area (Å²) in [5.41, 5.74) is 7.79. The first-order valence-corrected chi connectivity index (χ1v) is 10.2. The molecule has 1 aliphatic carbocycles. The monoisotopic (exact) mass is 371 g/mol. The Morgan fingerprint density at radius 1 is 1.11 bits per heavy atom. The molecule has 7 heteroatoms. The van der Waals surface area contributed by atoms with Crippen molar-refractivity contribution in [3.63, 3.8) is 0 Å². The van der Waals surface area contributed by atoms with Gasteiger partial charge in [0.1, 0.15) is 5.69 Å². The first-order valence-electron chi connectivity index (χ1n) is 10.2. The van der Waals surface area contributed by atoms with Gasteiger partial charge in [0.2, 0.25) is 11.9 Å². The molecular formula is C20H29N5O2. The van der Waals surface area contributed by atoms with Gasteiger partial charge in [0.05, 0.1) is 5.41 Å². The highest BCUT2D eigenvalue weighted by atomic mass is 16.2. The number of piperidine rings is 1. The molecular weight excluding hydrogens is 342 g/mol. The van der Waals surface area contributed by atoms with E-state index in [0.29, 0.717) is 18.8 Å². The zero-order valence-electron chi connectivity index (χ0n) is 16.3. The standard InChI is InChI=1S/C20H29N5O2/c1-13(2)25-10-5-8-20(18(25)27)9-11-24(12-20)17(26)16-14-6-3-4-7-15(14)22-19(21)23-16/h13H,3-12H2,1-2H3,(H2,21,22,23)/t20-/m1/s1. The van der Waals surface area contributed by atoms with Gasteiger partial charge < -0.3 is 15.5 Å². The predicted molar refractivity (Wildman–Crippen MR) is 102 cm³/mol. The van der Waals surface area contributed by atoms with E-state index in [4.69, 9.17) is 5.73 Å². The normalized spacial score (nSPS) is 25.4. The van der Waals surface area contributed by atoms with E-state index in [2.05, 4.69) is 23.8 Å². The van der Waals surface area contributed by atoms with Crippen molar-refractivity contribution >= 4 is 17.8 Å². The molecule has 2 fully saturated rings. The first kappa shape index (κ1) is 18.2. The number of carbonyl (C=O) groups excluding carboxylic acids is 2. The van der Waals surface area contributed by atoms with Gasteiger partial charge in [0, 0.05) is 36.9 Å². The molecule has 0 saturated carbocycles. The van der Waals surface area contributed by atoms with Gasteiger partial charge in [-0.2, -0.15) is 0 Å². The Hall–Kier alpha value is -2.18. The van der Waals surface area contributed by atoms with Gasteiger partial charge in [-0.15, -0.1) is 0 Å². The van der Waals surface area contributed by atoms with E-state index in [1.165, 1.54) is 0 Å². The molecule has 2 amide bonds. The number of carbonyl (C=O) groups is 2. The summed E-state index contributed by atoms with van der Waals surface area (Å²) < 4.78 is 0. The van der Waals surface area contributed by atoms with Crippen molar-refractivity contribution in [1.82, 2.24) is 19.8 Å². The van der Waals surface area contributed by atoms with Gasteiger partial charge in [-0.3, -0.25) is 9.59 Å². The van der Waals surface area contributed by atoms with Crippen molar-refractivity contribution in [2.45, 2.75) is 64.8 Å². The summed E-state index contributed by atoms with van der Waals surface area (Å²) >= 11 is 0. The molecule has 3 heterocycles. The van der Waals surface area contributed by atoms with Gasteiger partial charge in [0.15, 0.2) is 0 Å². The summed E-state index contributed by atoms with van der Waals surface area (Å²) in [5, 5.41) is 0. The Balaban J connectivity index is 1.59. The van der Waals surface area contributed by atoms with Crippen molar-refractivity contribution in [2.24, 2.45) is 5.41 Å². The molecule has 0 bridgehead atoms. The fraction of sp³-hybridized carbons (Fsp3) is 0.700. The van der Waals surface area contributed by atoms with E-state index in [9.17, 15) is 9.59 Å². The van der Waals surface area contributed by atoms with Crippen LogP contribution >= 0.6 is 0 Å². The average Bonchev–Trinajstić information content (AvgIpc) is 3.07. The largest absolute Gasteiger partial charge is 0.368 e. The van der Waals surface area contributed by atoms with Crippen molar-refractivity contribution in [3.8, 4) is 0 Å². The van der Waals surface area contributed by atoms with Gasteiger partial charge >= 0.3 is 0 Å². The van der Waals surface area contributed by atoms with E-state index in [0.717, 1.165) is 62.7 Å². The lowest BCUT2D eigenvalue weighted by Gasteiger charge is -2.41. The highest BCUT2D eigenvalue weighted by Gasteiger charge is 2.50. The Bertz CT molecular complexity index is 778. The summed E-state index contributed by atoms with van der Waals surface area (Å²) in [6.45, 7) is 6.04. The number of hydrogen-bond acceptors (Lipinski definition) is 5. The first-order chi connectivity index (χ1) is 12.9. The lowest BCUT2D eigenvalue weighted by Crippen LogP contribution is -2.52. The summed E-state index contributed by atoms with van der Waals surface area (Å²) in [5.74, 6) is 0.296. The van der Waals surface area contributed by atoms with E-state index >= 15 is 0 Å².